The van der Waals surface area contributed by atoms with E-state index in [9.17, 15) is 18.0 Å². The number of aromatic nitrogens is 5. The van der Waals surface area contributed by atoms with E-state index in [0.717, 1.165) is 43.6 Å². The molecule has 1 saturated heterocycles. The van der Waals surface area contributed by atoms with Crippen LogP contribution in [0.5, 0.6) is 0 Å². The first kappa shape index (κ1) is 21.1. The zero-order valence-electron chi connectivity index (χ0n) is 17.4. The van der Waals surface area contributed by atoms with Gasteiger partial charge in [0.25, 0.3) is 5.89 Å². The summed E-state index contributed by atoms with van der Waals surface area (Å²) in [6, 6.07) is 9.88. The number of hydrogen-bond donors (Lipinski definition) is 0. The second-order valence-electron chi connectivity index (χ2n) is 7.85. The molecule has 1 amide bonds. The van der Waals surface area contributed by atoms with Crippen molar-refractivity contribution in [1.29, 1.82) is 0 Å². The van der Waals surface area contributed by atoms with Crippen LogP contribution in [-0.2, 0) is 17.5 Å². The molecule has 33 heavy (non-hydrogen) atoms. The van der Waals surface area contributed by atoms with E-state index in [1.807, 2.05) is 11.0 Å². The van der Waals surface area contributed by atoms with E-state index >= 15 is 0 Å². The van der Waals surface area contributed by atoms with Crippen molar-refractivity contribution >= 4 is 16.9 Å². The van der Waals surface area contributed by atoms with Crippen LogP contribution < -0.4 is 0 Å². The Morgan fingerprint density at radius 3 is 2.48 bits per heavy atom. The first-order valence-corrected chi connectivity index (χ1v) is 10.5. The van der Waals surface area contributed by atoms with Crippen LogP contribution in [-0.4, -0.2) is 49.0 Å². The van der Waals surface area contributed by atoms with Crippen LogP contribution in [0.25, 0.3) is 33.9 Å². The Hall–Kier alpha value is -3.76. The molecule has 0 N–H and O–H groups in total. The van der Waals surface area contributed by atoms with Crippen LogP contribution in [0.4, 0.5) is 13.2 Å². The molecule has 5 rings (SSSR count). The first-order chi connectivity index (χ1) is 15.9. The number of hydrogen-bond acceptors (Lipinski definition) is 6. The first-order valence-electron chi connectivity index (χ1n) is 10.5. The minimum atomic E-state index is -4.41. The van der Waals surface area contributed by atoms with Crippen LogP contribution in [0, 0.1) is 0 Å². The van der Waals surface area contributed by atoms with Crippen molar-refractivity contribution in [1.82, 2.24) is 30.0 Å². The third-order valence-corrected chi connectivity index (χ3v) is 5.65. The Kier molecular flexibility index (Phi) is 5.31. The standard InChI is InChI=1S/C22H19F3N6O2/c23-22(24,25)16-6-3-14(4-7-16)21-26-20(28-33-21)15-5-8-18-17(13-15)27-29-31(18)12-9-19(32)30-10-1-2-11-30/h3-8,13H,1-2,9-12H2. The molecule has 170 valence electrons. The third-order valence-electron chi connectivity index (χ3n) is 5.65. The van der Waals surface area contributed by atoms with E-state index < -0.39 is 11.7 Å². The Morgan fingerprint density at radius 2 is 1.76 bits per heavy atom. The topological polar surface area (TPSA) is 89.9 Å². The third kappa shape index (κ3) is 4.30. The molecule has 1 fully saturated rings. The molecule has 0 bridgehead atoms. The number of benzene rings is 2. The van der Waals surface area contributed by atoms with Gasteiger partial charge in [0.05, 0.1) is 17.6 Å². The van der Waals surface area contributed by atoms with Gasteiger partial charge in [-0.25, -0.2) is 4.68 Å². The molecule has 2 aromatic heterocycles. The van der Waals surface area contributed by atoms with Gasteiger partial charge in [-0.05, 0) is 55.3 Å². The number of fused-ring (bicyclic) bond motifs is 1. The molecule has 3 heterocycles. The summed E-state index contributed by atoms with van der Waals surface area (Å²) in [5, 5.41) is 12.3. The number of carbonyl (C=O) groups is 1. The largest absolute Gasteiger partial charge is 0.416 e. The smallest absolute Gasteiger partial charge is 0.343 e. The number of amides is 1. The number of halogens is 3. The van der Waals surface area contributed by atoms with Crippen LogP contribution >= 0.6 is 0 Å². The predicted molar refractivity (Wildman–Crippen MR) is 112 cm³/mol. The van der Waals surface area contributed by atoms with Gasteiger partial charge in [0.2, 0.25) is 11.7 Å². The summed E-state index contributed by atoms with van der Waals surface area (Å²) < 4.78 is 45.2. The average molecular weight is 456 g/mol. The van der Waals surface area contributed by atoms with Crippen molar-refractivity contribution in [3.8, 4) is 22.8 Å². The predicted octanol–water partition coefficient (Wildman–Crippen LogP) is 4.18. The lowest BCUT2D eigenvalue weighted by Crippen LogP contribution is -2.28. The van der Waals surface area contributed by atoms with Crippen LogP contribution in [0.15, 0.2) is 47.0 Å². The van der Waals surface area contributed by atoms with Crippen LogP contribution in [0.3, 0.4) is 0 Å². The number of likely N-dealkylation sites (tertiary alicyclic amines) is 1. The molecular formula is C22H19F3N6O2. The van der Waals surface area contributed by atoms with Crippen LogP contribution in [0.2, 0.25) is 0 Å². The highest BCUT2D eigenvalue weighted by molar-refractivity contribution is 5.80. The summed E-state index contributed by atoms with van der Waals surface area (Å²) in [4.78, 5) is 18.5. The number of rotatable bonds is 5. The fourth-order valence-corrected chi connectivity index (χ4v) is 3.86. The van der Waals surface area contributed by atoms with E-state index in [1.54, 1.807) is 16.8 Å². The van der Waals surface area contributed by atoms with E-state index in [1.165, 1.54) is 12.1 Å². The number of carbonyl (C=O) groups excluding carboxylic acids is 1. The molecule has 0 aliphatic carbocycles. The quantitative estimate of drug-likeness (QED) is 0.448. The molecule has 0 radical (unpaired) electrons. The van der Waals surface area contributed by atoms with Crippen molar-refractivity contribution in [2.75, 3.05) is 13.1 Å². The maximum absolute atomic E-state index is 12.8. The minimum absolute atomic E-state index is 0.114. The highest BCUT2D eigenvalue weighted by Crippen LogP contribution is 2.31. The molecule has 11 heteroatoms. The Balaban J connectivity index is 1.32. The van der Waals surface area contributed by atoms with Gasteiger partial charge in [-0.2, -0.15) is 18.2 Å². The highest BCUT2D eigenvalue weighted by Gasteiger charge is 2.30. The van der Waals surface area contributed by atoms with E-state index in [2.05, 4.69) is 20.5 Å². The summed E-state index contributed by atoms with van der Waals surface area (Å²) in [6.45, 7) is 2.07. The Bertz CT molecular complexity index is 1290. The van der Waals surface area contributed by atoms with Gasteiger partial charge in [-0.3, -0.25) is 4.79 Å². The van der Waals surface area contributed by atoms with Crippen molar-refractivity contribution in [2.45, 2.75) is 32.0 Å². The number of aryl methyl sites for hydroxylation is 1. The lowest BCUT2D eigenvalue weighted by molar-refractivity contribution is -0.137. The molecule has 0 atom stereocenters. The van der Waals surface area contributed by atoms with Gasteiger partial charge in [0.15, 0.2) is 0 Å². The summed E-state index contributed by atoms with van der Waals surface area (Å²) in [5.41, 5.74) is 1.66. The summed E-state index contributed by atoms with van der Waals surface area (Å²) in [7, 11) is 0. The second kappa shape index (κ2) is 8.30. The highest BCUT2D eigenvalue weighted by atomic mass is 19.4. The fraction of sp³-hybridized carbons (Fsp3) is 0.318. The maximum Gasteiger partial charge on any atom is 0.416 e. The second-order valence-corrected chi connectivity index (χ2v) is 7.85. The summed E-state index contributed by atoms with van der Waals surface area (Å²) >= 11 is 0. The van der Waals surface area contributed by atoms with Gasteiger partial charge >= 0.3 is 6.18 Å². The SMILES string of the molecule is O=C(CCn1nnc2cc(-c3noc(-c4ccc(C(F)(F)F)cc4)n3)ccc21)N1CCCC1. The molecule has 2 aromatic carbocycles. The molecule has 4 aromatic rings. The van der Waals surface area contributed by atoms with Crippen molar-refractivity contribution in [3.63, 3.8) is 0 Å². The molecular weight excluding hydrogens is 437 g/mol. The Morgan fingerprint density at radius 1 is 1.03 bits per heavy atom. The number of alkyl halides is 3. The van der Waals surface area contributed by atoms with Gasteiger partial charge < -0.3 is 9.42 Å². The molecule has 0 spiro atoms. The zero-order chi connectivity index (χ0) is 23.0. The maximum atomic E-state index is 12.8. The van der Waals surface area contributed by atoms with Crippen molar-refractivity contribution < 1.29 is 22.5 Å². The molecule has 8 nitrogen and oxygen atoms in total. The molecule has 0 unspecified atom stereocenters. The average Bonchev–Trinajstić information content (AvgIpc) is 3.57. The molecule has 0 saturated carbocycles. The molecule has 1 aliphatic rings. The Labute approximate surface area is 186 Å². The monoisotopic (exact) mass is 456 g/mol. The van der Waals surface area contributed by atoms with Gasteiger partial charge in [0.1, 0.15) is 5.52 Å². The zero-order valence-corrected chi connectivity index (χ0v) is 17.4. The fourth-order valence-electron chi connectivity index (χ4n) is 3.86. The van der Waals surface area contributed by atoms with E-state index in [-0.39, 0.29) is 17.6 Å². The molecule has 1 aliphatic heterocycles. The van der Waals surface area contributed by atoms with Gasteiger partial charge in [-0.15, -0.1) is 5.10 Å². The lowest BCUT2D eigenvalue weighted by atomic mass is 10.1. The van der Waals surface area contributed by atoms with Crippen molar-refractivity contribution in [2.24, 2.45) is 0 Å². The summed E-state index contributed by atoms with van der Waals surface area (Å²) in [6.07, 6.45) is -1.94. The van der Waals surface area contributed by atoms with Gasteiger partial charge in [0, 0.05) is 30.6 Å². The van der Waals surface area contributed by atoms with E-state index in [4.69, 9.17) is 4.52 Å². The lowest BCUT2D eigenvalue weighted by Gasteiger charge is -2.14. The van der Waals surface area contributed by atoms with Crippen molar-refractivity contribution in [3.05, 3.63) is 48.0 Å². The van der Waals surface area contributed by atoms with Crippen LogP contribution in [0.1, 0.15) is 24.8 Å². The van der Waals surface area contributed by atoms with Gasteiger partial charge in [-0.1, -0.05) is 10.4 Å². The van der Waals surface area contributed by atoms with E-state index in [0.29, 0.717) is 29.6 Å². The number of nitrogens with zero attached hydrogens (tertiary/aromatic N) is 6. The normalized spacial score (nSPS) is 14.3. The summed E-state index contributed by atoms with van der Waals surface area (Å²) in [5.74, 6) is 0.517. The minimum Gasteiger partial charge on any atom is -0.343 e.